The van der Waals surface area contributed by atoms with E-state index in [2.05, 4.69) is 31.0 Å². The Labute approximate surface area is 98.9 Å². The van der Waals surface area contributed by atoms with Crippen LogP contribution in [-0.2, 0) is 0 Å². The molecule has 0 saturated heterocycles. The molecule has 0 bridgehead atoms. The molecule has 1 aromatic rings. The van der Waals surface area contributed by atoms with Crippen LogP contribution < -0.4 is 4.90 Å². The Morgan fingerprint density at radius 3 is 2.31 bits per heavy atom. The van der Waals surface area contributed by atoms with Gasteiger partial charge in [-0.1, -0.05) is 32.4 Å². The molecular formula is C14H23NO. The quantitative estimate of drug-likeness (QED) is 0.796. The molecule has 0 aliphatic carbocycles. The summed E-state index contributed by atoms with van der Waals surface area (Å²) in [5, 5.41) is 9.69. The fraction of sp³-hybridized carbons (Fsp3) is 0.571. The van der Waals surface area contributed by atoms with Crippen molar-refractivity contribution in [3.05, 3.63) is 29.8 Å². The molecule has 0 amide bonds. The molecule has 0 aliphatic rings. The minimum atomic E-state index is -0.324. The lowest BCUT2D eigenvalue weighted by molar-refractivity contribution is 0.173. The SMILES string of the molecule is CCCCN(C)c1ccc([C@H](O)CC)cc1. The van der Waals surface area contributed by atoms with Gasteiger partial charge in [0, 0.05) is 19.3 Å². The number of aliphatic hydroxyl groups is 1. The Hall–Kier alpha value is -1.02. The van der Waals surface area contributed by atoms with Gasteiger partial charge in [-0.15, -0.1) is 0 Å². The fourth-order valence-electron chi connectivity index (χ4n) is 1.71. The topological polar surface area (TPSA) is 23.5 Å². The summed E-state index contributed by atoms with van der Waals surface area (Å²) < 4.78 is 0. The molecular weight excluding hydrogens is 198 g/mol. The molecule has 16 heavy (non-hydrogen) atoms. The van der Waals surface area contributed by atoms with Crippen LogP contribution >= 0.6 is 0 Å². The van der Waals surface area contributed by atoms with Crippen molar-refractivity contribution in [2.45, 2.75) is 39.2 Å². The third-order valence-electron chi connectivity index (χ3n) is 2.95. The number of unbranched alkanes of at least 4 members (excludes halogenated alkanes) is 1. The van der Waals surface area contributed by atoms with Gasteiger partial charge in [-0.2, -0.15) is 0 Å². The van der Waals surface area contributed by atoms with Crippen molar-refractivity contribution in [2.24, 2.45) is 0 Å². The Kier molecular flexibility index (Phi) is 5.33. The van der Waals surface area contributed by atoms with E-state index >= 15 is 0 Å². The van der Waals surface area contributed by atoms with Gasteiger partial charge in [-0.05, 0) is 30.5 Å². The Balaban J connectivity index is 2.63. The molecule has 1 N–H and O–H groups in total. The summed E-state index contributed by atoms with van der Waals surface area (Å²) in [6.45, 7) is 5.28. The second-order valence-corrected chi connectivity index (χ2v) is 4.29. The van der Waals surface area contributed by atoms with Crippen molar-refractivity contribution in [2.75, 3.05) is 18.5 Å². The predicted molar refractivity (Wildman–Crippen MR) is 69.9 cm³/mol. The van der Waals surface area contributed by atoms with Crippen LogP contribution in [0.2, 0.25) is 0 Å². The molecule has 0 heterocycles. The number of benzene rings is 1. The first kappa shape index (κ1) is 13.0. The van der Waals surface area contributed by atoms with E-state index in [-0.39, 0.29) is 6.10 Å². The Morgan fingerprint density at radius 1 is 1.19 bits per heavy atom. The van der Waals surface area contributed by atoms with Gasteiger partial charge < -0.3 is 10.0 Å². The highest BCUT2D eigenvalue weighted by Gasteiger charge is 2.05. The van der Waals surface area contributed by atoms with E-state index < -0.39 is 0 Å². The average molecular weight is 221 g/mol. The van der Waals surface area contributed by atoms with E-state index in [4.69, 9.17) is 0 Å². The predicted octanol–water partition coefficient (Wildman–Crippen LogP) is 3.37. The molecule has 0 radical (unpaired) electrons. The number of hydrogen-bond donors (Lipinski definition) is 1. The van der Waals surface area contributed by atoms with Crippen LogP contribution in [0.25, 0.3) is 0 Å². The summed E-state index contributed by atoms with van der Waals surface area (Å²) in [5.41, 5.74) is 2.23. The Bertz CT molecular complexity index is 294. The maximum Gasteiger partial charge on any atom is 0.0787 e. The fourth-order valence-corrected chi connectivity index (χ4v) is 1.71. The molecule has 0 aliphatic heterocycles. The van der Waals surface area contributed by atoms with Crippen LogP contribution in [0, 0.1) is 0 Å². The minimum absolute atomic E-state index is 0.324. The highest BCUT2D eigenvalue weighted by molar-refractivity contribution is 5.47. The van der Waals surface area contributed by atoms with Gasteiger partial charge in [-0.25, -0.2) is 0 Å². The van der Waals surface area contributed by atoms with E-state index in [1.165, 1.54) is 18.5 Å². The first-order valence-electron chi connectivity index (χ1n) is 6.18. The molecule has 1 aromatic carbocycles. The van der Waals surface area contributed by atoms with Crippen molar-refractivity contribution >= 4 is 5.69 Å². The average Bonchev–Trinajstić information content (AvgIpc) is 2.35. The van der Waals surface area contributed by atoms with E-state index in [0.29, 0.717) is 0 Å². The lowest BCUT2D eigenvalue weighted by Gasteiger charge is -2.19. The van der Waals surface area contributed by atoms with Gasteiger partial charge in [0.2, 0.25) is 0 Å². The number of nitrogens with zero attached hydrogens (tertiary/aromatic N) is 1. The van der Waals surface area contributed by atoms with Crippen LogP contribution in [0.3, 0.4) is 0 Å². The smallest absolute Gasteiger partial charge is 0.0787 e. The Morgan fingerprint density at radius 2 is 1.81 bits per heavy atom. The third-order valence-corrected chi connectivity index (χ3v) is 2.95. The van der Waals surface area contributed by atoms with E-state index in [1.54, 1.807) is 0 Å². The van der Waals surface area contributed by atoms with Gasteiger partial charge in [0.15, 0.2) is 0 Å². The van der Waals surface area contributed by atoms with Crippen LogP contribution in [0.5, 0.6) is 0 Å². The zero-order chi connectivity index (χ0) is 12.0. The maximum absolute atomic E-state index is 9.69. The lowest BCUT2D eigenvalue weighted by Crippen LogP contribution is -2.18. The second-order valence-electron chi connectivity index (χ2n) is 4.29. The molecule has 2 heteroatoms. The minimum Gasteiger partial charge on any atom is -0.388 e. The molecule has 1 rings (SSSR count). The van der Waals surface area contributed by atoms with E-state index in [9.17, 15) is 5.11 Å². The largest absolute Gasteiger partial charge is 0.388 e. The summed E-state index contributed by atoms with van der Waals surface area (Å²) in [5.74, 6) is 0. The van der Waals surface area contributed by atoms with Gasteiger partial charge >= 0.3 is 0 Å². The highest BCUT2D eigenvalue weighted by atomic mass is 16.3. The van der Waals surface area contributed by atoms with E-state index in [1.807, 2.05) is 19.1 Å². The molecule has 0 spiro atoms. The number of anilines is 1. The van der Waals surface area contributed by atoms with Crippen molar-refractivity contribution in [3.8, 4) is 0 Å². The van der Waals surface area contributed by atoms with Gasteiger partial charge in [0.1, 0.15) is 0 Å². The molecule has 2 nitrogen and oxygen atoms in total. The number of aliphatic hydroxyl groups excluding tert-OH is 1. The zero-order valence-corrected chi connectivity index (χ0v) is 10.6. The van der Waals surface area contributed by atoms with Crippen molar-refractivity contribution in [1.82, 2.24) is 0 Å². The first-order chi connectivity index (χ1) is 7.69. The molecule has 0 aromatic heterocycles. The van der Waals surface area contributed by atoms with Gasteiger partial charge in [0.25, 0.3) is 0 Å². The summed E-state index contributed by atoms with van der Waals surface area (Å²) >= 11 is 0. The highest BCUT2D eigenvalue weighted by Crippen LogP contribution is 2.20. The summed E-state index contributed by atoms with van der Waals surface area (Å²) in [4.78, 5) is 2.26. The van der Waals surface area contributed by atoms with Crippen LogP contribution in [-0.4, -0.2) is 18.7 Å². The molecule has 0 fully saturated rings. The summed E-state index contributed by atoms with van der Waals surface area (Å²) in [7, 11) is 2.11. The maximum atomic E-state index is 9.69. The lowest BCUT2D eigenvalue weighted by atomic mass is 10.1. The summed E-state index contributed by atoms with van der Waals surface area (Å²) in [6.07, 6.45) is 2.88. The zero-order valence-electron chi connectivity index (χ0n) is 10.6. The van der Waals surface area contributed by atoms with Crippen molar-refractivity contribution in [3.63, 3.8) is 0 Å². The van der Waals surface area contributed by atoms with Crippen LogP contribution in [0.1, 0.15) is 44.8 Å². The number of rotatable bonds is 6. The van der Waals surface area contributed by atoms with Gasteiger partial charge in [0.05, 0.1) is 6.10 Å². The summed E-state index contributed by atoms with van der Waals surface area (Å²) in [6, 6.07) is 8.21. The molecule has 0 unspecified atom stereocenters. The van der Waals surface area contributed by atoms with Crippen LogP contribution in [0.4, 0.5) is 5.69 Å². The van der Waals surface area contributed by atoms with E-state index in [0.717, 1.165) is 18.5 Å². The standard InChI is InChI=1S/C14H23NO/c1-4-6-11-15(3)13-9-7-12(8-10-13)14(16)5-2/h7-10,14,16H,4-6,11H2,1-3H3/t14-/m1/s1. The second kappa shape index (κ2) is 6.54. The van der Waals surface area contributed by atoms with Crippen molar-refractivity contribution in [1.29, 1.82) is 0 Å². The monoisotopic (exact) mass is 221 g/mol. The molecule has 0 saturated carbocycles. The first-order valence-corrected chi connectivity index (χ1v) is 6.18. The van der Waals surface area contributed by atoms with Crippen molar-refractivity contribution < 1.29 is 5.11 Å². The van der Waals surface area contributed by atoms with Gasteiger partial charge in [-0.3, -0.25) is 0 Å². The molecule has 1 atom stereocenters. The molecule has 90 valence electrons. The van der Waals surface area contributed by atoms with Crippen LogP contribution in [0.15, 0.2) is 24.3 Å². The normalized spacial score (nSPS) is 12.5. The third kappa shape index (κ3) is 3.53. The number of hydrogen-bond acceptors (Lipinski definition) is 2.